The topological polar surface area (TPSA) is 123 Å². The zero-order valence-electron chi connectivity index (χ0n) is 73.5. The Labute approximate surface area is 785 Å². The van der Waals surface area contributed by atoms with Crippen LogP contribution in [-0.2, 0) is 0 Å². The second kappa shape index (κ2) is 32.5. The lowest BCUT2D eigenvalue weighted by molar-refractivity contribution is 0.669. The second-order valence-corrected chi connectivity index (χ2v) is 34.5. The molecule has 27 aromatic rings. The zero-order valence-corrected chi connectivity index (χ0v) is 73.5. The van der Waals surface area contributed by atoms with Gasteiger partial charge in [-0.15, -0.1) is 0 Å². The first-order valence-corrected chi connectivity index (χ1v) is 45.4. The van der Waals surface area contributed by atoms with Gasteiger partial charge in [-0.1, -0.05) is 249 Å². The summed E-state index contributed by atoms with van der Waals surface area (Å²) in [5.41, 5.74) is 33.2. The lowest BCUT2D eigenvalue weighted by Crippen LogP contribution is -1.94. The third kappa shape index (κ3) is 13.2. The fourth-order valence-corrected chi connectivity index (χ4v) is 20.9. The number of hydrogen-bond donors (Lipinski definition) is 0. The van der Waals surface area contributed by atoms with Gasteiger partial charge in [-0.25, -0.2) is 9.69 Å². The second-order valence-electron chi connectivity index (χ2n) is 34.5. The number of benzene rings is 20. The van der Waals surface area contributed by atoms with Crippen LogP contribution in [-0.4, -0.2) is 27.4 Å². The minimum Gasteiger partial charge on any atom is -0.456 e. The lowest BCUT2D eigenvalue weighted by Gasteiger charge is -2.11. The summed E-state index contributed by atoms with van der Waals surface area (Å²) in [5.74, 6) is 0. The number of nitrogens with zero attached hydrogens (tertiary/aromatic N) is 11. The van der Waals surface area contributed by atoms with Crippen molar-refractivity contribution in [2.45, 2.75) is 0 Å². The smallest absolute Gasteiger partial charge is 0.206 e. The fraction of sp³-hybridized carbons (Fsp3) is 0. The molecule has 0 aliphatic heterocycles. The maximum absolute atomic E-state index is 9.60. The highest BCUT2D eigenvalue weighted by atomic mass is 16.3. The van der Waals surface area contributed by atoms with Crippen molar-refractivity contribution in [2.24, 2.45) is 0 Å². The third-order valence-corrected chi connectivity index (χ3v) is 27.1. The van der Waals surface area contributed by atoms with Gasteiger partial charge >= 0.3 is 0 Å². The summed E-state index contributed by atoms with van der Waals surface area (Å²) in [6, 6.07) is 161. The summed E-state index contributed by atoms with van der Waals surface area (Å²) in [4.78, 5) is 7.28. The molecule has 7 heterocycles. The molecule has 0 aliphatic rings. The van der Waals surface area contributed by atoms with Crippen LogP contribution < -0.4 is 0 Å². The Bertz CT molecular complexity index is 9790. The molecule has 0 fully saturated rings. The fourth-order valence-electron chi connectivity index (χ4n) is 20.9. The highest BCUT2D eigenvalue weighted by molar-refractivity contribution is 6.20. The summed E-state index contributed by atoms with van der Waals surface area (Å²) in [5, 5.41) is 45.1. The van der Waals surface area contributed by atoms with E-state index in [9.17, 15) is 15.8 Å². The van der Waals surface area contributed by atoms with Crippen LogP contribution >= 0.6 is 0 Å². The van der Waals surface area contributed by atoms with Crippen LogP contribution in [0.3, 0.4) is 0 Å². The minimum atomic E-state index is 0.357. The average Bonchev–Trinajstić information content (AvgIpc) is 1.57. The molecule has 0 saturated carbocycles. The highest BCUT2D eigenvalue weighted by Gasteiger charge is 2.24. The molecule has 0 bridgehead atoms. The van der Waals surface area contributed by atoms with Crippen molar-refractivity contribution in [1.82, 2.24) is 27.4 Å². The van der Waals surface area contributed by atoms with E-state index in [4.69, 9.17) is 17.6 Å². The molecule has 20 aromatic carbocycles. The molecule has 0 saturated heterocycles. The molecule has 7 aromatic heterocycles. The van der Waals surface area contributed by atoms with E-state index in [-0.39, 0.29) is 0 Å². The van der Waals surface area contributed by atoms with E-state index in [1.165, 1.54) is 76.0 Å². The van der Waals surface area contributed by atoms with Gasteiger partial charge in [0.15, 0.2) is 5.69 Å². The molecule has 27 rings (SSSR count). The first kappa shape index (κ1) is 79.6. The summed E-state index contributed by atoms with van der Waals surface area (Å²) in [6.45, 7) is 15.1. The van der Waals surface area contributed by atoms with E-state index in [1.54, 1.807) is 6.07 Å². The maximum atomic E-state index is 9.60. The van der Waals surface area contributed by atoms with Crippen molar-refractivity contribution in [2.75, 3.05) is 0 Å². The number of hydrogen-bond acceptors (Lipinski definition) is 4. The molecule has 0 N–H and O–H groups in total. The van der Waals surface area contributed by atoms with Crippen molar-refractivity contribution in [3.63, 3.8) is 0 Å². The van der Waals surface area contributed by atoms with Crippen LogP contribution in [0.4, 0.5) is 11.4 Å². The van der Waals surface area contributed by atoms with Gasteiger partial charge in [0, 0.05) is 110 Å². The van der Waals surface area contributed by atoms with Crippen LogP contribution in [0.25, 0.3) is 241 Å². The van der Waals surface area contributed by atoms with Crippen LogP contribution in [0.5, 0.6) is 0 Å². The molecule has 137 heavy (non-hydrogen) atoms. The number of aromatic nitrogens is 6. The van der Waals surface area contributed by atoms with Crippen molar-refractivity contribution >= 4 is 164 Å². The van der Waals surface area contributed by atoms with Crippen LogP contribution in [0.15, 0.2) is 447 Å². The predicted molar refractivity (Wildman–Crippen MR) is 561 cm³/mol. The van der Waals surface area contributed by atoms with E-state index in [1.807, 2.05) is 84.9 Å². The van der Waals surface area contributed by atoms with Crippen molar-refractivity contribution in [3.8, 4) is 96.8 Å². The molecule has 0 atom stereocenters. The molecule has 0 aliphatic carbocycles. The number of para-hydroxylation sites is 8. The van der Waals surface area contributed by atoms with Crippen molar-refractivity contribution < 1.29 is 4.42 Å². The quantitative estimate of drug-likeness (QED) is 0.127. The monoisotopic (exact) mass is 1740 g/mol. The van der Waals surface area contributed by atoms with Gasteiger partial charge in [0.1, 0.15) is 11.2 Å². The predicted octanol–water partition coefficient (Wildman–Crippen LogP) is 32.9. The van der Waals surface area contributed by atoms with E-state index < -0.39 is 0 Å². The van der Waals surface area contributed by atoms with Gasteiger partial charge < -0.3 is 31.8 Å². The number of nitriles is 3. The molecule has 0 amide bonds. The van der Waals surface area contributed by atoms with E-state index in [2.05, 4.69) is 407 Å². The number of furan rings is 1. The van der Waals surface area contributed by atoms with Gasteiger partial charge in [0.2, 0.25) is 5.69 Å². The van der Waals surface area contributed by atoms with Gasteiger partial charge in [0.05, 0.1) is 114 Å². The largest absolute Gasteiger partial charge is 0.456 e. The van der Waals surface area contributed by atoms with E-state index in [0.29, 0.717) is 28.1 Å². The standard InChI is InChI=1S/C44H26N4.C43H25N3O.C38H22N4/c1-46-40-27-35(22-19-33(40)28-45)48-41-13-7-5-11-36(41)38-23-20-32(26-44(38)48)30-17-15-29(16-18-30)31-21-24-43-39(25-31)37-12-6-8-14-42(37)47(43)34-9-3-2-4-10-34;44-26-27-9-7-10-29(23-27)45-37-15-4-1-11-32(37)35-24-28(19-21-39(35)45)31-14-8-17-40-43(31)34-13-2-5-16-38(34)46(40)30-20-22-42-36(25-30)33-12-3-6-18-41(33)47-42;1-40-28-9-7-11-30(23-28)42-36-15-5-3-13-32(36)34-22-27(17-19-38(34)42)26-16-18-37-33(21-26)31-12-2-4-14-35(31)41(37)29-10-6-8-25(20-29)24-39/h2-27H;1-25H;2-23H. The van der Waals surface area contributed by atoms with Crippen molar-refractivity contribution in [3.05, 3.63) is 482 Å². The Morgan fingerprint density at radius 3 is 1.07 bits per heavy atom. The summed E-state index contributed by atoms with van der Waals surface area (Å²) < 4.78 is 19.8. The number of rotatable bonds is 10. The van der Waals surface area contributed by atoms with E-state index >= 15 is 0 Å². The normalized spacial score (nSPS) is 11.5. The SMILES string of the molecule is N#Cc1cccc(-n2c3ccccc3c3cc(-c4cccc5c4c4ccccc4n5-c4ccc5oc6ccccc6c5c4)ccc32)c1.[C-]#[N+]c1cc(-n2c3ccccc3c3ccc(-c4ccc(-c5ccc6c(c5)c5ccccc5n6-c5ccccc5)cc4)cc32)ccc1C#N.[C-]#[N+]c1cccc(-n2c3ccccc3c3cc(-c4ccc5c(c4)c4ccccc4n5-c4cccc(C#N)c4)ccc32)c1. The molecule has 12 nitrogen and oxygen atoms in total. The summed E-state index contributed by atoms with van der Waals surface area (Å²) in [7, 11) is 0. The molecule has 12 heteroatoms. The van der Waals surface area contributed by atoms with E-state index in [0.717, 1.165) is 155 Å². The van der Waals surface area contributed by atoms with Gasteiger partial charge in [-0.2, -0.15) is 15.8 Å². The summed E-state index contributed by atoms with van der Waals surface area (Å²) in [6.07, 6.45) is 0. The molecule has 634 valence electrons. The maximum Gasteiger partial charge on any atom is 0.206 e. The van der Waals surface area contributed by atoms with Gasteiger partial charge in [-0.05, 0) is 239 Å². The van der Waals surface area contributed by atoms with Crippen LogP contribution in [0.2, 0.25) is 0 Å². The first-order valence-electron chi connectivity index (χ1n) is 45.4. The lowest BCUT2D eigenvalue weighted by atomic mass is 9.98. The third-order valence-electron chi connectivity index (χ3n) is 27.1. The Kier molecular flexibility index (Phi) is 18.9. The Morgan fingerprint density at radius 1 is 0.204 bits per heavy atom. The Balaban J connectivity index is 0.000000109. The molecule has 0 radical (unpaired) electrons. The average molecular weight is 1750 g/mol. The molecular weight excluding hydrogens is 1670 g/mol. The van der Waals surface area contributed by atoms with Crippen molar-refractivity contribution in [1.29, 1.82) is 15.8 Å². The Morgan fingerprint density at radius 2 is 0.555 bits per heavy atom. The molecular formula is C125H73N11O. The Hall–Kier alpha value is -19.6. The van der Waals surface area contributed by atoms with Crippen LogP contribution in [0, 0.1) is 47.1 Å². The highest BCUT2D eigenvalue weighted by Crippen LogP contribution is 2.47. The van der Waals surface area contributed by atoms with Gasteiger partial charge in [0.25, 0.3) is 0 Å². The number of fused-ring (bicyclic) bond motifs is 21. The molecule has 0 spiro atoms. The van der Waals surface area contributed by atoms with Crippen LogP contribution in [0.1, 0.15) is 16.7 Å². The zero-order chi connectivity index (χ0) is 91.5. The summed E-state index contributed by atoms with van der Waals surface area (Å²) >= 11 is 0. The minimum absolute atomic E-state index is 0.357. The molecule has 0 unspecified atom stereocenters. The first-order chi connectivity index (χ1) is 67.7. The van der Waals surface area contributed by atoms with Gasteiger partial charge in [-0.3, -0.25) is 0 Å².